The number of esters is 1. The Morgan fingerprint density at radius 3 is 2.26 bits per heavy atom. The van der Waals surface area contributed by atoms with Gasteiger partial charge in [0.05, 0.1) is 17.8 Å². The number of nitrogens with one attached hydrogen (secondary N) is 1. The topological polar surface area (TPSA) is 144 Å². The molecule has 0 aromatic heterocycles. The third-order valence-corrected chi connectivity index (χ3v) is 10.5. The van der Waals surface area contributed by atoms with Crippen LogP contribution < -0.4 is 5.32 Å². The molecule has 0 aliphatic carbocycles. The van der Waals surface area contributed by atoms with Crippen molar-refractivity contribution >= 4 is 17.5 Å². The molecule has 2 aliphatic rings. The third kappa shape index (κ3) is 9.24. The third-order valence-electron chi connectivity index (χ3n) is 10.5. The summed E-state index contributed by atoms with van der Waals surface area (Å²) in [5.74, 6) is -5.10. The summed E-state index contributed by atoms with van der Waals surface area (Å²) >= 11 is 0. The molecule has 0 bridgehead atoms. The van der Waals surface area contributed by atoms with Crippen molar-refractivity contribution in [1.82, 2.24) is 10.2 Å². The summed E-state index contributed by atoms with van der Waals surface area (Å²) in [6.07, 6.45) is -1.03. The van der Waals surface area contributed by atoms with Crippen molar-refractivity contribution in [2.75, 3.05) is 34.3 Å². The van der Waals surface area contributed by atoms with Gasteiger partial charge in [-0.15, -0.1) is 6.58 Å². The van der Waals surface area contributed by atoms with Gasteiger partial charge in [0.2, 0.25) is 0 Å². The van der Waals surface area contributed by atoms with E-state index >= 15 is 0 Å². The number of carbonyl (C=O) groups is 3. The van der Waals surface area contributed by atoms with Crippen LogP contribution in [-0.4, -0.2) is 115 Å². The number of hydrogen-bond acceptors (Lipinski definition) is 11. The Morgan fingerprint density at radius 1 is 1.09 bits per heavy atom. The van der Waals surface area contributed by atoms with Crippen LogP contribution >= 0.6 is 0 Å². The highest BCUT2D eigenvalue weighted by Crippen LogP contribution is 2.40. The molecule has 0 spiro atoms. The number of ether oxygens (including phenoxy) is 4. The lowest BCUT2D eigenvalue weighted by Gasteiger charge is -2.47. The first-order valence-corrected chi connectivity index (χ1v) is 16.9. The molecule has 0 amide bonds. The lowest BCUT2D eigenvalue weighted by molar-refractivity contribution is -0.295. The summed E-state index contributed by atoms with van der Waals surface area (Å²) in [6, 6.07) is -0.251. The standard InChI is InChI=1S/C35H62N2O9/c1-13-16-36-17-15-25-22(5)28(38)20(3)19-34(8,43-12)31(46-33-30(40)26(37(10)11)18-21(4)44-33)23(6)29(39)24(7)32(41)45-27(14-2)35(25,9)42/h13,20-27,30-31,33,36,40,42H,1,14-19H2,2-12H3/t20-,21-,22?,23+,24?,25-,26+,27-,30-,31-,33+,34-,35+/m1/s1. The molecule has 0 radical (unpaired) electrons. The Labute approximate surface area is 276 Å². The highest BCUT2D eigenvalue weighted by molar-refractivity contribution is 6.00. The van der Waals surface area contributed by atoms with Crippen molar-refractivity contribution < 1.29 is 43.5 Å². The Hall–Kier alpha value is -1.73. The van der Waals surface area contributed by atoms with Crippen LogP contribution in [0, 0.1) is 29.6 Å². The van der Waals surface area contributed by atoms with E-state index < -0.39 is 77.1 Å². The molecule has 266 valence electrons. The zero-order valence-electron chi connectivity index (χ0n) is 30.1. The highest BCUT2D eigenvalue weighted by atomic mass is 16.7. The van der Waals surface area contributed by atoms with Gasteiger partial charge in [-0.3, -0.25) is 14.4 Å². The number of aliphatic hydroxyl groups is 2. The largest absolute Gasteiger partial charge is 0.459 e. The number of rotatable bonds is 10. The fourth-order valence-corrected chi connectivity index (χ4v) is 7.53. The van der Waals surface area contributed by atoms with Crippen molar-refractivity contribution in [1.29, 1.82) is 0 Å². The summed E-state index contributed by atoms with van der Waals surface area (Å²) in [5.41, 5.74) is -2.76. The van der Waals surface area contributed by atoms with Gasteiger partial charge >= 0.3 is 5.97 Å². The summed E-state index contributed by atoms with van der Waals surface area (Å²) < 4.78 is 24.6. The van der Waals surface area contributed by atoms with Gasteiger partial charge in [-0.1, -0.05) is 33.8 Å². The Morgan fingerprint density at radius 2 is 1.72 bits per heavy atom. The highest BCUT2D eigenvalue weighted by Gasteiger charge is 2.52. The minimum absolute atomic E-state index is 0.0862. The average Bonchev–Trinajstić information content (AvgIpc) is 3.00. The van der Waals surface area contributed by atoms with Crippen LogP contribution in [0.25, 0.3) is 0 Å². The SMILES string of the molecule is C=CCNCC[C@@H]1C(C)C(=O)[C@H](C)C[C@@](C)(OC)[C@H](O[C@@H]2O[C@H](C)C[C@H](N(C)C)[C@H]2O)[C@@H](C)C(=O)C(C)C(=O)O[C@H](CC)[C@@]1(C)O. The van der Waals surface area contributed by atoms with Crippen molar-refractivity contribution in [2.24, 2.45) is 29.6 Å². The lowest BCUT2D eigenvalue weighted by atomic mass is 9.69. The van der Waals surface area contributed by atoms with Crippen LogP contribution in [0.2, 0.25) is 0 Å². The molecule has 2 unspecified atom stereocenters. The number of methoxy groups -OCH3 is 1. The van der Waals surface area contributed by atoms with E-state index in [4.69, 9.17) is 18.9 Å². The van der Waals surface area contributed by atoms with Crippen LogP contribution in [0.4, 0.5) is 0 Å². The average molecular weight is 655 g/mol. The van der Waals surface area contributed by atoms with Crippen LogP contribution in [0.1, 0.15) is 81.1 Å². The number of ketones is 2. The van der Waals surface area contributed by atoms with E-state index in [2.05, 4.69) is 11.9 Å². The van der Waals surface area contributed by atoms with Gasteiger partial charge in [0.1, 0.15) is 29.5 Å². The normalized spacial score (nSPS) is 42.0. The first kappa shape index (κ1) is 40.4. The molecular formula is C35H62N2O9. The number of hydrogen-bond donors (Lipinski definition) is 3. The van der Waals surface area contributed by atoms with Crippen LogP contribution in [0.3, 0.4) is 0 Å². The van der Waals surface area contributed by atoms with Gasteiger partial charge in [0.25, 0.3) is 0 Å². The molecule has 13 atom stereocenters. The van der Waals surface area contributed by atoms with E-state index in [1.54, 1.807) is 33.8 Å². The van der Waals surface area contributed by atoms with Gasteiger partial charge in [-0.2, -0.15) is 0 Å². The Kier molecular flexibility index (Phi) is 15.0. The quantitative estimate of drug-likeness (QED) is 0.138. The summed E-state index contributed by atoms with van der Waals surface area (Å²) in [4.78, 5) is 43.7. The van der Waals surface area contributed by atoms with Crippen LogP contribution in [-0.2, 0) is 33.3 Å². The molecule has 0 saturated carbocycles. The first-order valence-electron chi connectivity index (χ1n) is 16.9. The minimum Gasteiger partial charge on any atom is -0.459 e. The number of aliphatic hydroxyl groups excluding tert-OH is 1. The Bertz CT molecular complexity index is 1040. The monoisotopic (exact) mass is 654 g/mol. The van der Waals surface area contributed by atoms with Gasteiger partial charge in [0, 0.05) is 43.4 Å². The van der Waals surface area contributed by atoms with Gasteiger partial charge in [-0.25, -0.2) is 0 Å². The molecule has 3 N–H and O–H groups in total. The smallest absolute Gasteiger partial charge is 0.316 e. The van der Waals surface area contributed by atoms with Crippen LogP contribution in [0.15, 0.2) is 12.7 Å². The molecular weight excluding hydrogens is 592 g/mol. The minimum atomic E-state index is -1.56. The molecule has 11 heteroatoms. The second-order valence-corrected chi connectivity index (χ2v) is 14.3. The lowest BCUT2D eigenvalue weighted by Crippen LogP contribution is -2.59. The zero-order chi connectivity index (χ0) is 35.1. The maximum absolute atomic E-state index is 14.2. The molecule has 0 aromatic rings. The Balaban J connectivity index is 2.64. The van der Waals surface area contributed by atoms with E-state index in [0.29, 0.717) is 25.9 Å². The van der Waals surface area contributed by atoms with E-state index in [9.17, 15) is 24.6 Å². The number of carbonyl (C=O) groups excluding carboxylic acids is 3. The van der Waals surface area contributed by atoms with E-state index in [-0.39, 0.29) is 30.8 Å². The molecule has 2 aliphatic heterocycles. The number of cyclic esters (lactones) is 1. The predicted molar refractivity (Wildman–Crippen MR) is 176 cm³/mol. The predicted octanol–water partition coefficient (Wildman–Crippen LogP) is 3.14. The second-order valence-electron chi connectivity index (χ2n) is 14.3. The van der Waals surface area contributed by atoms with E-state index in [1.807, 2.05) is 39.8 Å². The summed E-state index contributed by atoms with van der Waals surface area (Å²) in [5, 5.41) is 26.5. The zero-order valence-corrected chi connectivity index (χ0v) is 30.1. The molecule has 2 heterocycles. The van der Waals surface area contributed by atoms with Crippen molar-refractivity contribution in [3.8, 4) is 0 Å². The fourth-order valence-electron chi connectivity index (χ4n) is 7.53. The number of likely N-dealkylation sites (N-methyl/N-ethyl adjacent to an activating group) is 1. The van der Waals surface area contributed by atoms with Crippen LogP contribution in [0.5, 0.6) is 0 Å². The molecule has 2 fully saturated rings. The van der Waals surface area contributed by atoms with Crippen molar-refractivity contribution in [3.63, 3.8) is 0 Å². The fraction of sp³-hybridized carbons (Fsp3) is 0.857. The van der Waals surface area contributed by atoms with E-state index in [0.717, 1.165) is 0 Å². The van der Waals surface area contributed by atoms with Crippen molar-refractivity contribution in [3.05, 3.63) is 12.7 Å². The summed E-state index contributed by atoms with van der Waals surface area (Å²) in [6.45, 7) is 18.7. The van der Waals surface area contributed by atoms with E-state index in [1.165, 1.54) is 14.0 Å². The first-order chi connectivity index (χ1) is 21.4. The molecule has 2 saturated heterocycles. The molecule has 46 heavy (non-hydrogen) atoms. The summed E-state index contributed by atoms with van der Waals surface area (Å²) in [7, 11) is 5.26. The second kappa shape index (κ2) is 17.1. The van der Waals surface area contributed by atoms with Gasteiger partial charge in [0.15, 0.2) is 12.1 Å². The molecule has 0 aromatic carbocycles. The molecule has 2 rings (SSSR count). The maximum atomic E-state index is 14.2. The number of Topliss-reactive ketones (excluding diaryl/α,β-unsaturated/α-hetero) is 2. The maximum Gasteiger partial charge on any atom is 0.316 e. The van der Waals surface area contributed by atoms with Gasteiger partial charge < -0.3 is 39.4 Å². The van der Waals surface area contributed by atoms with Gasteiger partial charge in [-0.05, 0) is 74.0 Å². The van der Waals surface area contributed by atoms with Crippen molar-refractivity contribution in [2.45, 2.75) is 129 Å². The molecule has 11 nitrogen and oxygen atoms in total. The number of nitrogens with zero attached hydrogens (tertiary/aromatic N) is 1.